The van der Waals surface area contributed by atoms with E-state index >= 15 is 0 Å². The van der Waals surface area contributed by atoms with Crippen molar-refractivity contribution in [2.45, 2.75) is 6.54 Å². The normalized spacial score (nSPS) is 12.2. The lowest BCUT2D eigenvalue weighted by Crippen LogP contribution is -2.36. The summed E-state index contributed by atoms with van der Waals surface area (Å²) in [5.74, 6) is 1.11. The highest BCUT2D eigenvalue weighted by atomic mass is 16.7. The number of hydrogen-bond acceptors (Lipinski definition) is 5. The predicted octanol–water partition coefficient (Wildman–Crippen LogP) is 1.34. The van der Waals surface area contributed by atoms with Crippen molar-refractivity contribution in [3.63, 3.8) is 0 Å². The van der Waals surface area contributed by atoms with Crippen LogP contribution in [0.5, 0.6) is 11.5 Å². The second kappa shape index (κ2) is 6.75. The zero-order valence-corrected chi connectivity index (χ0v) is 13.7. The molecule has 0 radical (unpaired) electrons. The number of para-hydroxylation sites is 2. The fraction of sp³-hybridized carbons (Fsp3) is 0.167. The van der Waals surface area contributed by atoms with E-state index in [0.29, 0.717) is 22.9 Å². The van der Waals surface area contributed by atoms with Crippen molar-refractivity contribution in [3.05, 3.63) is 53.9 Å². The summed E-state index contributed by atoms with van der Waals surface area (Å²) in [5.41, 5.74) is 2.15. The number of carbonyl (C=O) groups is 2. The second-order valence-corrected chi connectivity index (χ2v) is 5.73. The van der Waals surface area contributed by atoms with Crippen LogP contribution in [0.4, 0.5) is 0 Å². The van der Waals surface area contributed by atoms with Gasteiger partial charge in [0.15, 0.2) is 11.5 Å². The highest BCUT2D eigenvalue weighted by molar-refractivity contribution is 5.97. The number of rotatable bonds is 5. The molecule has 8 heteroatoms. The van der Waals surface area contributed by atoms with Gasteiger partial charge in [-0.25, -0.2) is 4.98 Å². The molecule has 4 rings (SSSR count). The minimum atomic E-state index is -0.359. The summed E-state index contributed by atoms with van der Waals surface area (Å²) in [6.07, 6.45) is 0. The van der Waals surface area contributed by atoms with E-state index in [1.807, 2.05) is 24.3 Å². The Labute approximate surface area is 148 Å². The molecule has 0 saturated heterocycles. The minimum absolute atomic E-state index is 0.131. The molecule has 3 N–H and O–H groups in total. The van der Waals surface area contributed by atoms with Crippen molar-refractivity contribution < 1.29 is 19.1 Å². The Hall–Kier alpha value is -3.55. The van der Waals surface area contributed by atoms with E-state index in [1.54, 1.807) is 18.2 Å². The van der Waals surface area contributed by atoms with Crippen molar-refractivity contribution in [2.24, 2.45) is 0 Å². The molecule has 1 aromatic heterocycles. The first-order valence-corrected chi connectivity index (χ1v) is 8.07. The highest BCUT2D eigenvalue weighted by Gasteiger charge is 2.16. The molecule has 26 heavy (non-hydrogen) atoms. The van der Waals surface area contributed by atoms with E-state index < -0.39 is 0 Å². The van der Waals surface area contributed by atoms with Crippen LogP contribution in [0.15, 0.2) is 42.5 Å². The molecule has 0 aliphatic carbocycles. The van der Waals surface area contributed by atoms with E-state index in [1.165, 1.54) is 0 Å². The van der Waals surface area contributed by atoms with Crippen LogP contribution in [0.1, 0.15) is 16.2 Å². The van der Waals surface area contributed by atoms with Gasteiger partial charge < -0.3 is 25.1 Å². The maximum Gasteiger partial charge on any atom is 0.251 e. The summed E-state index contributed by atoms with van der Waals surface area (Å²) < 4.78 is 10.4. The summed E-state index contributed by atoms with van der Waals surface area (Å²) in [5, 5.41) is 5.29. The molecule has 0 spiro atoms. The molecular weight excluding hydrogens is 336 g/mol. The molecule has 2 amide bonds. The van der Waals surface area contributed by atoms with Gasteiger partial charge in [0, 0.05) is 5.56 Å². The third kappa shape index (κ3) is 3.30. The van der Waals surface area contributed by atoms with Gasteiger partial charge in [0.05, 0.1) is 24.1 Å². The molecule has 0 fully saturated rings. The van der Waals surface area contributed by atoms with Crippen molar-refractivity contribution in [2.75, 3.05) is 13.3 Å². The van der Waals surface area contributed by atoms with Crippen molar-refractivity contribution >= 4 is 22.8 Å². The zero-order chi connectivity index (χ0) is 17.9. The third-order valence-corrected chi connectivity index (χ3v) is 3.94. The Bertz CT molecular complexity index is 949. The number of imidazole rings is 1. The highest BCUT2D eigenvalue weighted by Crippen LogP contribution is 2.32. The quantitative estimate of drug-likeness (QED) is 0.643. The second-order valence-electron chi connectivity index (χ2n) is 5.73. The van der Waals surface area contributed by atoms with Gasteiger partial charge in [-0.1, -0.05) is 12.1 Å². The van der Waals surface area contributed by atoms with Gasteiger partial charge in [0.25, 0.3) is 5.91 Å². The van der Waals surface area contributed by atoms with Crippen molar-refractivity contribution in [3.8, 4) is 11.5 Å². The smallest absolute Gasteiger partial charge is 0.251 e. The number of aromatic nitrogens is 2. The van der Waals surface area contributed by atoms with Crippen LogP contribution < -0.4 is 20.1 Å². The standard InChI is InChI=1S/C18H16N4O4/c23-17(19-8-16-21-12-3-1-2-4-13(12)22-16)9-20-18(24)11-5-6-14-15(7-11)26-10-25-14/h1-7H,8-10H2,(H,19,23)(H,20,24)(H,21,22). The van der Waals surface area contributed by atoms with E-state index in [4.69, 9.17) is 9.47 Å². The first-order chi connectivity index (χ1) is 12.7. The van der Waals surface area contributed by atoms with Gasteiger partial charge in [0.1, 0.15) is 5.82 Å². The van der Waals surface area contributed by atoms with Gasteiger partial charge in [0.2, 0.25) is 12.7 Å². The maximum absolute atomic E-state index is 12.1. The topological polar surface area (TPSA) is 105 Å². The molecule has 1 aliphatic heterocycles. The summed E-state index contributed by atoms with van der Waals surface area (Å²) in [6.45, 7) is 0.269. The monoisotopic (exact) mass is 352 g/mol. The fourth-order valence-electron chi connectivity index (χ4n) is 2.63. The first kappa shape index (κ1) is 15.9. The van der Waals surface area contributed by atoms with Crippen LogP contribution in [-0.2, 0) is 11.3 Å². The van der Waals surface area contributed by atoms with E-state index in [-0.39, 0.29) is 31.7 Å². The van der Waals surface area contributed by atoms with Crippen LogP contribution in [0, 0.1) is 0 Å². The van der Waals surface area contributed by atoms with Crippen molar-refractivity contribution in [1.29, 1.82) is 0 Å². The number of benzene rings is 2. The number of carbonyl (C=O) groups excluding carboxylic acids is 2. The molecule has 0 saturated carbocycles. The minimum Gasteiger partial charge on any atom is -0.454 e. The van der Waals surface area contributed by atoms with Gasteiger partial charge >= 0.3 is 0 Å². The van der Waals surface area contributed by atoms with E-state index in [0.717, 1.165) is 11.0 Å². The lowest BCUT2D eigenvalue weighted by Gasteiger charge is -2.06. The van der Waals surface area contributed by atoms with E-state index in [9.17, 15) is 9.59 Å². The summed E-state index contributed by atoms with van der Waals surface area (Å²) in [4.78, 5) is 31.6. The lowest BCUT2D eigenvalue weighted by atomic mass is 10.2. The maximum atomic E-state index is 12.1. The summed E-state index contributed by atoms with van der Waals surface area (Å²) in [6, 6.07) is 12.5. The molecule has 0 bridgehead atoms. The molecular formula is C18H16N4O4. The average Bonchev–Trinajstić information content (AvgIpc) is 3.29. The van der Waals surface area contributed by atoms with Crippen LogP contribution in [0.2, 0.25) is 0 Å². The molecule has 8 nitrogen and oxygen atoms in total. The summed E-state index contributed by atoms with van der Waals surface area (Å²) in [7, 11) is 0. The Morgan fingerprint density at radius 3 is 2.81 bits per heavy atom. The van der Waals surface area contributed by atoms with Gasteiger partial charge in [-0.3, -0.25) is 9.59 Å². The number of hydrogen-bond donors (Lipinski definition) is 3. The largest absolute Gasteiger partial charge is 0.454 e. The Morgan fingerprint density at radius 2 is 1.92 bits per heavy atom. The molecule has 132 valence electrons. The van der Waals surface area contributed by atoms with Crippen LogP contribution in [-0.4, -0.2) is 35.1 Å². The van der Waals surface area contributed by atoms with Gasteiger partial charge in [-0.15, -0.1) is 0 Å². The van der Waals surface area contributed by atoms with Gasteiger partial charge in [-0.05, 0) is 30.3 Å². The zero-order valence-electron chi connectivity index (χ0n) is 13.7. The lowest BCUT2D eigenvalue weighted by molar-refractivity contribution is -0.120. The SMILES string of the molecule is O=C(CNC(=O)c1ccc2c(c1)OCO2)NCc1nc2ccccc2[nH]1. The van der Waals surface area contributed by atoms with Crippen molar-refractivity contribution in [1.82, 2.24) is 20.6 Å². The number of H-pyrrole nitrogens is 1. The molecule has 2 heterocycles. The number of aromatic amines is 1. The molecule has 0 unspecified atom stereocenters. The van der Waals surface area contributed by atoms with Crippen LogP contribution in [0.3, 0.4) is 0 Å². The van der Waals surface area contributed by atoms with Crippen LogP contribution in [0.25, 0.3) is 11.0 Å². The van der Waals surface area contributed by atoms with Crippen LogP contribution >= 0.6 is 0 Å². The predicted molar refractivity (Wildman–Crippen MR) is 92.8 cm³/mol. The first-order valence-electron chi connectivity index (χ1n) is 8.07. The van der Waals surface area contributed by atoms with Gasteiger partial charge in [-0.2, -0.15) is 0 Å². The number of amides is 2. The number of nitrogens with one attached hydrogen (secondary N) is 3. The number of nitrogens with zero attached hydrogens (tertiary/aromatic N) is 1. The Kier molecular flexibility index (Phi) is 4.14. The van der Waals surface area contributed by atoms with E-state index in [2.05, 4.69) is 20.6 Å². The summed E-state index contributed by atoms with van der Waals surface area (Å²) >= 11 is 0. The Morgan fingerprint density at radius 1 is 1.08 bits per heavy atom. The molecule has 1 aliphatic rings. The molecule has 3 aromatic rings. The number of fused-ring (bicyclic) bond motifs is 2. The number of ether oxygens (including phenoxy) is 2. The fourth-order valence-corrected chi connectivity index (χ4v) is 2.63. The average molecular weight is 352 g/mol. The Balaban J connectivity index is 1.29. The molecule has 2 aromatic carbocycles. The third-order valence-electron chi connectivity index (χ3n) is 3.94. The molecule has 0 atom stereocenters.